The highest BCUT2D eigenvalue weighted by Crippen LogP contribution is 2.28. The summed E-state index contributed by atoms with van der Waals surface area (Å²) < 4.78 is 0. The zero-order chi connectivity index (χ0) is 9.38. The van der Waals surface area contributed by atoms with Gasteiger partial charge in [-0.3, -0.25) is 4.98 Å². The molecule has 0 aliphatic heterocycles. The van der Waals surface area contributed by atoms with E-state index in [4.69, 9.17) is 0 Å². The quantitative estimate of drug-likeness (QED) is 0.645. The Bertz CT molecular complexity index is 554. The predicted molar refractivity (Wildman–Crippen MR) is 56.0 cm³/mol. The van der Waals surface area contributed by atoms with E-state index >= 15 is 0 Å². The van der Waals surface area contributed by atoms with Gasteiger partial charge in [-0.15, -0.1) is 16.3 Å². The lowest BCUT2D eigenvalue weighted by molar-refractivity contribution is -0.347. The number of thiophene rings is 1. The Labute approximate surface area is 84.5 Å². The molecule has 0 bridgehead atoms. The lowest BCUT2D eigenvalue weighted by Crippen LogP contribution is -1.96. The normalized spacial score (nSPS) is 10.9. The number of imidazole rings is 1. The van der Waals surface area contributed by atoms with Crippen LogP contribution in [0.4, 0.5) is 0 Å². The molecule has 3 heterocycles. The van der Waals surface area contributed by atoms with Crippen LogP contribution in [-0.2, 0) is 0 Å². The van der Waals surface area contributed by atoms with Gasteiger partial charge in [0.2, 0.25) is 0 Å². The second-order valence-corrected chi connectivity index (χ2v) is 3.94. The van der Waals surface area contributed by atoms with Crippen molar-refractivity contribution in [2.24, 2.45) is 0 Å². The third-order valence-electron chi connectivity index (χ3n) is 2.16. The number of pyridine rings is 1. The fraction of sp³-hybridized carbons (Fsp3) is 0. The molecule has 0 unspecified atom stereocenters. The molecule has 0 aromatic carbocycles. The minimum Gasteiger partial charge on any atom is -0.274 e. The first-order chi connectivity index (χ1) is 6.95. The van der Waals surface area contributed by atoms with E-state index in [2.05, 4.69) is 32.5 Å². The number of aromatic nitrogens is 3. The summed E-state index contributed by atoms with van der Waals surface area (Å²) in [6.45, 7) is 0. The van der Waals surface area contributed by atoms with Crippen molar-refractivity contribution in [1.29, 1.82) is 0 Å². The maximum Gasteiger partial charge on any atom is 0.299 e. The van der Waals surface area contributed by atoms with Crippen molar-refractivity contribution in [2.45, 2.75) is 0 Å². The van der Waals surface area contributed by atoms with Crippen molar-refractivity contribution < 1.29 is 4.98 Å². The van der Waals surface area contributed by atoms with Gasteiger partial charge in [0.15, 0.2) is 11.8 Å². The lowest BCUT2D eigenvalue weighted by Gasteiger charge is -1.93. The first-order valence-electron chi connectivity index (χ1n) is 4.33. The average Bonchev–Trinajstić information content (AvgIpc) is 2.88. The molecule has 0 saturated carbocycles. The lowest BCUT2D eigenvalue weighted by atomic mass is 10.2. The van der Waals surface area contributed by atoms with E-state index in [0.29, 0.717) is 0 Å². The molecule has 0 radical (unpaired) electrons. The van der Waals surface area contributed by atoms with Gasteiger partial charge in [-0.05, 0) is 17.5 Å². The molecule has 0 atom stereocenters. The monoisotopic (exact) mass is 202 g/mol. The summed E-state index contributed by atoms with van der Waals surface area (Å²) in [5.74, 6) is 0. The molecule has 0 aliphatic rings. The summed E-state index contributed by atoms with van der Waals surface area (Å²) in [5.41, 5.74) is 3.16. The van der Waals surface area contributed by atoms with Crippen molar-refractivity contribution >= 4 is 22.5 Å². The van der Waals surface area contributed by atoms with Gasteiger partial charge >= 0.3 is 0 Å². The Morgan fingerprint density at radius 3 is 3.21 bits per heavy atom. The number of fused-ring (bicyclic) bond motifs is 1. The molecule has 68 valence electrons. The Morgan fingerprint density at radius 2 is 2.36 bits per heavy atom. The summed E-state index contributed by atoms with van der Waals surface area (Å²) in [5, 5.41) is 2.08. The molecule has 4 heteroatoms. The van der Waals surface area contributed by atoms with Gasteiger partial charge < -0.3 is 0 Å². The van der Waals surface area contributed by atoms with Gasteiger partial charge in [0.05, 0.1) is 0 Å². The highest BCUT2D eigenvalue weighted by molar-refractivity contribution is 7.13. The highest BCUT2D eigenvalue weighted by atomic mass is 32.1. The highest BCUT2D eigenvalue weighted by Gasteiger charge is 2.11. The number of nitrogens with zero attached hydrogens (tertiary/aromatic N) is 1. The topological polar surface area (TPSA) is 42.8 Å². The van der Waals surface area contributed by atoms with E-state index in [1.165, 1.54) is 10.4 Å². The van der Waals surface area contributed by atoms with Crippen LogP contribution in [0.1, 0.15) is 0 Å². The van der Waals surface area contributed by atoms with Crippen LogP contribution in [0, 0.1) is 0 Å². The van der Waals surface area contributed by atoms with Crippen molar-refractivity contribution in [3.8, 4) is 10.4 Å². The van der Waals surface area contributed by atoms with E-state index in [-0.39, 0.29) is 0 Å². The second kappa shape index (κ2) is 2.92. The second-order valence-electron chi connectivity index (χ2n) is 2.99. The molecule has 0 aliphatic carbocycles. The number of hydrogen-bond donors (Lipinski definition) is 1. The molecule has 3 aromatic rings. The van der Waals surface area contributed by atoms with E-state index < -0.39 is 0 Å². The molecular weight excluding hydrogens is 194 g/mol. The van der Waals surface area contributed by atoms with Crippen LogP contribution in [0.15, 0.2) is 36.1 Å². The van der Waals surface area contributed by atoms with Gasteiger partial charge in [0.25, 0.3) is 5.65 Å². The van der Waals surface area contributed by atoms with Crippen LogP contribution in [-0.4, -0.2) is 9.97 Å². The van der Waals surface area contributed by atoms with Crippen molar-refractivity contribution in [3.63, 3.8) is 0 Å². The van der Waals surface area contributed by atoms with Gasteiger partial charge in [-0.25, -0.2) is 4.98 Å². The molecule has 0 amide bonds. The van der Waals surface area contributed by atoms with Gasteiger partial charge in [-0.2, -0.15) is 0 Å². The van der Waals surface area contributed by atoms with Crippen LogP contribution in [0.2, 0.25) is 0 Å². The molecule has 3 rings (SSSR count). The molecule has 3 nitrogen and oxygen atoms in total. The van der Waals surface area contributed by atoms with Crippen LogP contribution in [0.5, 0.6) is 0 Å². The summed E-state index contributed by atoms with van der Waals surface area (Å²) >= 11 is 1.73. The molecule has 0 spiro atoms. The fourth-order valence-electron chi connectivity index (χ4n) is 1.53. The molecular formula is C10H8N3S+. The Hall–Kier alpha value is -1.68. The summed E-state index contributed by atoms with van der Waals surface area (Å²) in [6.07, 6.45) is 3.62. The predicted octanol–water partition coefficient (Wildman–Crippen LogP) is 2.11. The maximum atomic E-state index is 4.23. The minimum atomic E-state index is 0.899. The first-order valence-corrected chi connectivity index (χ1v) is 5.21. The third-order valence-corrected chi connectivity index (χ3v) is 3.07. The van der Waals surface area contributed by atoms with Crippen molar-refractivity contribution in [3.05, 3.63) is 36.1 Å². The fourth-order valence-corrected chi connectivity index (χ4v) is 2.29. The van der Waals surface area contributed by atoms with Crippen LogP contribution in [0.25, 0.3) is 21.6 Å². The first kappa shape index (κ1) is 7.70. The minimum absolute atomic E-state index is 0.899. The molecule has 14 heavy (non-hydrogen) atoms. The summed E-state index contributed by atoms with van der Waals surface area (Å²) in [7, 11) is 0. The zero-order valence-corrected chi connectivity index (χ0v) is 8.14. The van der Waals surface area contributed by atoms with Gasteiger partial charge in [0, 0.05) is 10.4 Å². The van der Waals surface area contributed by atoms with E-state index in [1.54, 1.807) is 17.7 Å². The van der Waals surface area contributed by atoms with Crippen LogP contribution >= 0.6 is 11.3 Å². The number of nitrogens with one attached hydrogen (secondary N) is 2. The molecule has 3 aromatic heterocycles. The van der Waals surface area contributed by atoms with E-state index in [9.17, 15) is 0 Å². The standard InChI is InChI=1S/C10H7N3S/c1-2-8(14-5-1)7-3-4-11-10-9(7)12-6-13-10/h1-6H,(H,11,12,13)/p+1. The summed E-state index contributed by atoms with van der Waals surface area (Å²) in [6, 6.07) is 6.19. The number of H-pyrrole nitrogens is 2. The number of hydrogen-bond acceptors (Lipinski definition) is 2. The van der Waals surface area contributed by atoms with Crippen LogP contribution < -0.4 is 4.98 Å². The Morgan fingerprint density at radius 1 is 1.36 bits per heavy atom. The smallest absolute Gasteiger partial charge is 0.274 e. The average molecular weight is 202 g/mol. The Balaban J connectivity index is 2.36. The van der Waals surface area contributed by atoms with Gasteiger partial charge in [0.1, 0.15) is 6.20 Å². The SMILES string of the molecule is c1csc(-c2ccnc3[nH+]c[nH]c23)c1. The largest absolute Gasteiger partial charge is 0.299 e. The van der Waals surface area contributed by atoms with E-state index in [1.807, 2.05) is 12.3 Å². The Kier molecular flexibility index (Phi) is 1.61. The number of rotatable bonds is 1. The van der Waals surface area contributed by atoms with Crippen molar-refractivity contribution in [2.75, 3.05) is 0 Å². The third kappa shape index (κ3) is 1.04. The van der Waals surface area contributed by atoms with Gasteiger partial charge in [-0.1, -0.05) is 6.07 Å². The molecule has 0 fully saturated rings. The number of aromatic amines is 2. The van der Waals surface area contributed by atoms with Crippen LogP contribution in [0.3, 0.4) is 0 Å². The van der Waals surface area contributed by atoms with E-state index in [0.717, 1.165) is 11.2 Å². The molecule has 0 saturated heterocycles. The zero-order valence-electron chi connectivity index (χ0n) is 7.32. The summed E-state index contributed by atoms with van der Waals surface area (Å²) in [4.78, 5) is 11.7. The van der Waals surface area contributed by atoms with Crippen molar-refractivity contribution in [1.82, 2.24) is 9.97 Å². The maximum absolute atomic E-state index is 4.23. The molecule has 2 N–H and O–H groups in total.